The molecule has 0 aromatic heterocycles. The molecule has 1 aliphatic carbocycles. The van der Waals surface area contributed by atoms with Crippen molar-refractivity contribution in [3.05, 3.63) is 60.4 Å². The Morgan fingerprint density at radius 2 is 2.38 bits per heavy atom. The fourth-order valence-corrected chi connectivity index (χ4v) is 1.27. The molecule has 0 heterocycles. The molecule has 1 unspecified atom stereocenters. The third-order valence-corrected chi connectivity index (χ3v) is 2.30. The highest BCUT2D eigenvalue weighted by atomic mass is 16.6. The average molecular weight is 288 g/mol. The van der Waals surface area contributed by atoms with Gasteiger partial charge in [-0.3, -0.25) is 0 Å². The molecule has 1 rings (SSSR count). The van der Waals surface area contributed by atoms with Gasteiger partial charge in [0.15, 0.2) is 0 Å². The van der Waals surface area contributed by atoms with Gasteiger partial charge in [-0.05, 0) is 13.5 Å². The van der Waals surface area contributed by atoms with Crippen LogP contribution >= 0.6 is 0 Å². The Morgan fingerprint density at radius 1 is 1.62 bits per heavy atom. The summed E-state index contributed by atoms with van der Waals surface area (Å²) in [5, 5.41) is 18.5. The van der Waals surface area contributed by atoms with Crippen LogP contribution in [0.25, 0.3) is 0 Å². The van der Waals surface area contributed by atoms with Crippen LogP contribution in [-0.4, -0.2) is 18.7 Å². The molecule has 0 radical (unpaired) electrons. The van der Waals surface area contributed by atoms with Crippen molar-refractivity contribution in [2.24, 2.45) is 10.2 Å². The van der Waals surface area contributed by atoms with Crippen LogP contribution in [0.4, 0.5) is 0 Å². The number of allylic oxidation sites excluding steroid dienone is 3. The molecule has 0 saturated carbocycles. The molecule has 0 bridgehead atoms. The highest BCUT2D eigenvalue weighted by molar-refractivity contribution is 5.93. The van der Waals surface area contributed by atoms with E-state index in [1.165, 1.54) is 18.2 Å². The Morgan fingerprint density at radius 3 is 3.05 bits per heavy atom. The molecule has 0 aliphatic heterocycles. The summed E-state index contributed by atoms with van der Waals surface area (Å²) in [6.45, 7) is 7.16. The Bertz CT molecular complexity index is 542. The van der Waals surface area contributed by atoms with E-state index in [4.69, 9.17) is 4.74 Å². The van der Waals surface area contributed by atoms with Gasteiger partial charge in [0.25, 0.3) is 0 Å². The Labute approximate surface area is 123 Å². The van der Waals surface area contributed by atoms with Crippen molar-refractivity contribution in [3.8, 4) is 0 Å². The van der Waals surface area contributed by atoms with E-state index in [1.54, 1.807) is 19.9 Å². The summed E-state index contributed by atoms with van der Waals surface area (Å²) >= 11 is 0. The van der Waals surface area contributed by atoms with Crippen LogP contribution in [0.2, 0.25) is 0 Å². The quantitative estimate of drug-likeness (QED) is 0.235. The van der Waals surface area contributed by atoms with Crippen LogP contribution in [-0.2, 0) is 14.3 Å². The van der Waals surface area contributed by atoms with Crippen molar-refractivity contribution in [3.63, 3.8) is 0 Å². The number of rotatable bonds is 7. The van der Waals surface area contributed by atoms with Crippen LogP contribution in [0.5, 0.6) is 0 Å². The average Bonchev–Trinajstić information content (AvgIpc) is 2.47. The lowest BCUT2D eigenvalue weighted by Gasteiger charge is -2.09. The summed E-state index contributed by atoms with van der Waals surface area (Å²) < 4.78 is 9.78. The number of esters is 1. The molecule has 0 aromatic rings. The summed E-state index contributed by atoms with van der Waals surface area (Å²) in [6.07, 6.45) is 9.33. The summed E-state index contributed by atoms with van der Waals surface area (Å²) in [7, 11) is 0. The number of carbonyl (C=O) groups excluding carboxylic acids is 1. The predicted octanol–water partition coefficient (Wildman–Crippen LogP) is 1.94. The van der Waals surface area contributed by atoms with Gasteiger partial charge in [0.05, 0.1) is 18.2 Å². The zero-order valence-electron chi connectivity index (χ0n) is 11.9. The third kappa shape index (κ3) is 5.42. The second kappa shape index (κ2) is 8.45. The monoisotopic (exact) mass is 288 g/mol. The van der Waals surface area contributed by atoms with E-state index in [-0.39, 0.29) is 17.9 Å². The first-order valence-corrected chi connectivity index (χ1v) is 6.33. The minimum absolute atomic E-state index is 0.201. The Balaban J connectivity index is 2.89. The first kappa shape index (κ1) is 16.3. The first-order valence-electron chi connectivity index (χ1n) is 6.33. The summed E-state index contributed by atoms with van der Waals surface area (Å²) in [5.41, 5.74) is 0.475. The molecular formula is C15H16N2O4. The summed E-state index contributed by atoms with van der Waals surface area (Å²) in [6, 6.07) is 0. The molecule has 1 atom stereocenters. The van der Waals surface area contributed by atoms with Gasteiger partial charge in [-0.15, -0.1) is 5.11 Å². The molecule has 0 aromatic carbocycles. The van der Waals surface area contributed by atoms with Gasteiger partial charge in [-0.25, -0.2) is 4.79 Å². The lowest BCUT2D eigenvalue weighted by Crippen LogP contribution is -2.15. The van der Waals surface area contributed by atoms with Crippen molar-refractivity contribution in [1.29, 1.82) is 0 Å². The zero-order valence-corrected chi connectivity index (χ0v) is 11.9. The van der Waals surface area contributed by atoms with Gasteiger partial charge in [0.1, 0.15) is 18.3 Å². The van der Waals surface area contributed by atoms with E-state index < -0.39 is 18.0 Å². The first-order chi connectivity index (χ1) is 10.1. The molecule has 0 N–H and O–H groups in total. The van der Waals surface area contributed by atoms with E-state index >= 15 is 0 Å². The van der Waals surface area contributed by atoms with Gasteiger partial charge in [0, 0.05) is 6.08 Å². The van der Waals surface area contributed by atoms with Crippen molar-refractivity contribution < 1.29 is 19.4 Å². The van der Waals surface area contributed by atoms with Crippen LogP contribution < -0.4 is 5.11 Å². The number of hydrogen-bond donors (Lipinski definition) is 0. The lowest BCUT2D eigenvalue weighted by atomic mass is 10.1. The van der Waals surface area contributed by atoms with Crippen molar-refractivity contribution in [2.45, 2.75) is 20.0 Å². The zero-order chi connectivity index (χ0) is 15.7. The second-order valence-electron chi connectivity index (χ2n) is 3.89. The van der Waals surface area contributed by atoms with E-state index in [2.05, 4.69) is 27.6 Å². The van der Waals surface area contributed by atoms with Crippen molar-refractivity contribution in [2.75, 3.05) is 6.61 Å². The number of hydrogen-bond acceptors (Lipinski definition) is 6. The van der Waals surface area contributed by atoms with Crippen molar-refractivity contribution >= 4 is 5.97 Å². The molecular weight excluding hydrogens is 272 g/mol. The highest BCUT2D eigenvalue weighted by Crippen LogP contribution is 2.17. The minimum atomic E-state index is -0.604. The smallest absolute Gasteiger partial charge is 0.399 e. The summed E-state index contributed by atoms with van der Waals surface area (Å²) in [5.74, 6) is -1.17. The lowest BCUT2D eigenvalue weighted by molar-refractivity contribution is -0.357. The van der Waals surface area contributed by atoms with Gasteiger partial charge >= 0.3 is 5.97 Å². The molecule has 21 heavy (non-hydrogen) atoms. The van der Waals surface area contributed by atoms with Gasteiger partial charge in [0.2, 0.25) is 11.3 Å². The molecule has 0 amide bonds. The fraction of sp³-hybridized carbons (Fsp3) is 0.267. The molecule has 1 aliphatic rings. The van der Waals surface area contributed by atoms with Crippen LogP contribution in [0.3, 0.4) is 0 Å². The standard InChI is InChI=1S/C15H16N2O4/c1-4-11(3)21-15(19)12-8-6-7-9-13(12)17-16-10-14(18)20-5-2/h4,7-11H,1,5H2,2-3H3. The van der Waals surface area contributed by atoms with Crippen LogP contribution in [0.1, 0.15) is 13.8 Å². The molecule has 0 spiro atoms. The van der Waals surface area contributed by atoms with Crippen LogP contribution in [0.15, 0.2) is 64.5 Å². The van der Waals surface area contributed by atoms with Gasteiger partial charge in [-0.1, -0.05) is 19.6 Å². The highest BCUT2D eigenvalue weighted by Gasteiger charge is 2.24. The predicted molar refractivity (Wildman–Crippen MR) is 74.3 cm³/mol. The SMILES string of the molecule is C=CC(C)OC(=O)C1=C(N=N/C=C(\[O-])OCC)C=C[C+]=C1. The Kier molecular flexibility index (Phi) is 6.57. The topological polar surface area (TPSA) is 83.3 Å². The second-order valence-corrected chi connectivity index (χ2v) is 3.89. The number of ether oxygens (including phenoxy) is 2. The normalized spacial score (nSPS) is 15.8. The maximum Gasteiger partial charge on any atom is 0.399 e. The maximum absolute atomic E-state index is 11.9. The number of nitrogens with zero attached hydrogens (tertiary/aromatic N) is 2. The number of azo groups is 1. The molecule has 110 valence electrons. The van der Waals surface area contributed by atoms with Crippen molar-refractivity contribution in [1.82, 2.24) is 0 Å². The van der Waals surface area contributed by atoms with E-state index in [0.29, 0.717) is 0 Å². The van der Waals surface area contributed by atoms with Gasteiger partial charge in [-0.2, -0.15) is 5.11 Å². The van der Waals surface area contributed by atoms with E-state index in [9.17, 15) is 9.90 Å². The molecule has 6 nitrogen and oxygen atoms in total. The molecule has 0 saturated heterocycles. The summed E-state index contributed by atoms with van der Waals surface area (Å²) in [4.78, 5) is 11.9. The molecule has 6 heteroatoms. The number of carbonyl (C=O) groups is 1. The van der Waals surface area contributed by atoms with Gasteiger partial charge < -0.3 is 14.6 Å². The minimum Gasteiger partial charge on any atom is -0.612 e. The fourth-order valence-electron chi connectivity index (χ4n) is 1.27. The van der Waals surface area contributed by atoms with E-state index in [0.717, 1.165) is 6.20 Å². The Hall–Kier alpha value is -2.72. The van der Waals surface area contributed by atoms with E-state index in [1.807, 2.05) is 0 Å². The maximum atomic E-state index is 11.9. The van der Waals surface area contributed by atoms with Crippen LogP contribution in [0, 0.1) is 6.08 Å². The third-order valence-electron chi connectivity index (χ3n) is 2.30. The largest absolute Gasteiger partial charge is 0.612 e. The molecule has 0 fully saturated rings.